The fraction of sp³-hybridized carbons (Fsp3) is 0.538. The minimum atomic E-state index is -2.47. The van der Waals surface area contributed by atoms with Crippen LogP contribution in [0.15, 0.2) is 24.3 Å². The second-order valence-electron chi connectivity index (χ2n) is 5.16. The maximum absolute atomic E-state index is 13.6. The van der Waals surface area contributed by atoms with E-state index >= 15 is 0 Å². The summed E-state index contributed by atoms with van der Waals surface area (Å²) in [6, 6.07) is 7.46. The minimum absolute atomic E-state index is 0.0674. The van der Waals surface area contributed by atoms with E-state index < -0.39 is 11.8 Å². The van der Waals surface area contributed by atoms with Crippen molar-refractivity contribution in [3.05, 3.63) is 24.3 Å². The fourth-order valence-electron chi connectivity index (χ4n) is 3.10. The van der Waals surface area contributed by atoms with Crippen LogP contribution >= 0.6 is 0 Å². The standard InChI is InChI=1S/C13H16F2N2/c14-13(15)6-5-9-7-17(8-12(9)13)11-3-1-10(16)2-4-11/h1-4,9,12H,5-8,16H2/t9-,12+/m1/s1. The molecule has 0 amide bonds. The van der Waals surface area contributed by atoms with Crippen molar-refractivity contribution in [2.24, 2.45) is 11.8 Å². The highest BCUT2D eigenvalue weighted by molar-refractivity contribution is 5.54. The van der Waals surface area contributed by atoms with Gasteiger partial charge in [-0.1, -0.05) is 0 Å². The van der Waals surface area contributed by atoms with Crippen LogP contribution in [-0.2, 0) is 0 Å². The Kier molecular flexibility index (Phi) is 2.28. The van der Waals surface area contributed by atoms with Crippen LogP contribution in [0.4, 0.5) is 20.2 Å². The van der Waals surface area contributed by atoms with Gasteiger partial charge < -0.3 is 10.6 Å². The molecule has 0 aromatic heterocycles. The molecule has 2 N–H and O–H groups in total. The molecule has 17 heavy (non-hydrogen) atoms. The summed E-state index contributed by atoms with van der Waals surface area (Å²) in [5.41, 5.74) is 7.33. The van der Waals surface area contributed by atoms with Gasteiger partial charge in [0, 0.05) is 36.8 Å². The maximum atomic E-state index is 13.6. The second-order valence-corrected chi connectivity index (χ2v) is 5.16. The van der Waals surface area contributed by atoms with Crippen molar-refractivity contribution < 1.29 is 8.78 Å². The summed E-state index contributed by atoms with van der Waals surface area (Å²) in [5.74, 6) is -2.77. The van der Waals surface area contributed by atoms with Crippen LogP contribution < -0.4 is 10.6 Å². The Bertz CT molecular complexity index is 416. The molecule has 2 atom stereocenters. The van der Waals surface area contributed by atoms with Gasteiger partial charge in [-0.3, -0.25) is 0 Å². The molecule has 0 unspecified atom stereocenters. The number of benzene rings is 1. The third-order valence-electron chi connectivity index (χ3n) is 4.09. The van der Waals surface area contributed by atoms with Gasteiger partial charge in [0.15, 0.2) is 0 Å². The Labute approximate surface area is 99.4 Å². The summed E-state index contributed by atoms with van der Waals surface area (Å²) in [4.78, 5) is 2.06. The molecule has 1 aromatic carbocycles. The highest BCUT2D eigenvalue weighted by Gasteiger charge is 2.53. The highest BCUT2D eigenvalue weighted by Crippen LogP contribution is 2.48. The lowest BCUT2D eigenvalue weighted by Crippen LogP contribution is -2.28. The van der Waals surface area contributed by atoms with E-state index in [2.05, 4.69) is 4.90 Å². The number of rotatable bonds is 1. The molecule has 2 nitrogen and oxygen atoms in total. The van der Waals surface area contributed by atoms with Crippen LogP contribution in [0.25, 0.3) is 0 Å². The number of anilines is 2. The molecule has 0 spiro atoms. The van der Waals surface area contributed by atoms with Gasteiger partial charge >= 0.3 is 0 Å². The van der Waals surface area contributed by atoms with E-state index in [4.69, 9.17) is 5.73 Å². The summed E-state index contributed by atoms with van der Waals surface area (Å²) >= 11 is 0. The molecular formula is C13H16F2N2. The molecule has 1 heterocycles. The smallest absolute Gasteiger partial charge is 0.252 e. The van der Waals surface area contributed by atoms with Gasteiger partial charge in [-0.25, -0.2) is 8.78 Å². The van der Waals surface area contributed by atoms with Crippen molar-refractivity contribution in [2.75, 3.05) is 23.7 Å². The third-order valence-corrected chi connectivity index (χ3v) is 4.09. The zero-order valence-corrected chi connectivity index (χ0v) is 9.57. The number of nitrogens with two attached hydrogens (primary N) is 1. The average Bonchev–Trinajstić information content (AvgIpc) is 2.82. The molecule has 4 heteroatoms. The van der Waals surface area contributed by atoms with Gasteiger partial charge in [0.05, 0.1) is 0 Å². The van der Waals surface area contributed by atoms with Gasteiger partial charge in [-0.2, -0.15) is 0 Å². The van der Waals surface area contributed by atoms with Gasteiger partial charge in [-0.05, 0) is 36.6 Å². The highest BCUT2D eigenvalue weighted by atomic mass is 19.3. The summed E-state index contributed by atoms with van der Waals surface area (Å²) < 4.78 is 27.2. The summed E-state index contributed by atoms with van der Waals surface area (Å²) in [6.07, 6.45) is 0.723. The predicted molar refractivity (Wildman–Crippen MR) is 64.2 cm³/mol. The van der Waals surface area contributed by atoms with Crippen LogP contribution in [-0.4, -0.2) is 19.0 Å². The number of hydrogen-bond acceptors (Lipinski definition) is 2. The number of nitrogen functional groups attached to an aromatic ring is 1. The van der Waals surface area contributed by atoms with E-state index in [0.29, 0.717) is 18.7 Å². The third kappa shape index (κ3) is 1.75. The molecule has 0 radical (unpaired) electrons. The number of hydrogen-bond donors (Lipinski definition) is 1. The monoisotopic (exact) mass is 238 g/mol. The fourth-order valence-corrected chi connectivity index (χ4v) is 3.10. The number of alkyl halides is 2. The van der Waals surface area contributed by atoms with Crippen molar-refractivity contribution in [2.45, 2.75) is 18.8 Å². The molecule has 1 aliphatic heterocycles. The Morgan fingerprint density at radius 2 is 1.88 bits per heavy atom. The van der Waals surface area contributed by atoms with E-state index in [0.717, 1.165) is 12.2 Å². The van der Waals surface area contributed by atoms with Gasteiger partial charge in [0.1, 0.15) is 0 Å². The molecular weight excluding hydrogens is 222 g/mol. The molecule has 0 bridgehead atoms. The van der Waals surface area contributed by atoms with Crippen molar-refractivity contribution in [3.63, 3.8) is 0 Å². The quantitative estimate of drug-likeness (QED) is 0.762. The summed E-state index contributed by atoms with van der Waals surface area (Å²) in [7, 11) is 0. The van der Waals surface area contributed by atoms with Gasteiger partial charge in [0.2, 0.25) is 0 Å². The maximum Gasteiger partial charge on any atom is 0.252 e. The largest absolute Gasteiger partial charge is 0.399 e. The first kappa shape index (κ1) is 10.8. The first-order valence-corrected chi connectivity index (χ1v) is 6.04. The van der Waals surface area contributed by atoms with Crippen LogP contribution in [0.1, 0.15) is 12.8 Å². The first-order valence-electron chi connectivity index (χ1n) is 6.04. The Morgan fingerprint density at radius 3 is 2.53 bits per heavy atom. The van der Waals surface area contributed by atoms with E-state index in [1.54, 1.807) is 0 Å². The van der Waals surface area contributed by atoms with E-state index in [9.17, 15) is 8.78 Å². The SMILES string of the molecule is Nc1ccc(N2C[C@H]3CCC(F)(F)[C@H]3C2)cc1. The molecule has 92 valence electrons. The van der Waals surface area contributed by atoms with Crippen molar-refractivity contribution in [1.82, 2.24) is 0 Å². The van der Waals surface area contributed by atoms with Crippen LogP contribution in [0.2, 0.25) is 0 Å². The van der Waals surface area contributed by atoms with Crippen molar-refractivity contribution in [1.29, 1.82) is 0 Å². The molecule has 1 saturated carbocycles. The van der Waals surface area contributed by atoms with Crippen molar-refractivity contribution >= 4 is 11.4 Å². The molecule has 2 aliphatic rings. The number of fused-ring (bicyclic) bond motifs is 1. The predicted octanol–water partition coefficient (Wildman–Crippen LogP) is 2.75. The molecule has 1 aromatic rings. The summed E-state index contributed by atoms with van der Waals surface area (Å²) in [6.45, 7) is 1.23. The van der Waals surface area contributed by atoms with Crippen LogP contribution in [0.3, 0.4) is 0 Å². The Hall–Kier alpha value is -1.32. The minimum Gasteiger partial charge on any atom is -0.399 e. The van der Waals surface area contributed by atoms with Crippen LogP contribution in [0.5, 0.6) is 0 Å². The molecule has 1 saturated heterocycles. The zero-order valence-electron chi connectivity index (χ0n) is 9.57. The van der Waals surface area contributed by atoms with Gasteiger partial charge in [0.25, 0.3) is 5.92 Å². The van der Waals surface area contributed by atoms with E-state index in [-0.39, 0.29) is 12.3 Å². The second kappa shape index (κ2) is 3.59. The molecule has 2 fully saturated rings. The van der Waals surface area contributed by atoms with Gasteiger partial charge in [-0.15, -0.1) is 0 Å². The average molecular weight is 238 g/mol. The Balaban J connectivity index is 1.79. The topological polar surface area (TPSA) is 29.3 Å². The van der Waals surface area contributed by atoms with Crippen molar-refractivity contribution in [3.8, 4) is 0 Å². The normalized spacial score (nSPS) is 30.6. The molecule has 1 aliphatic carbocycles. The number of halogens is 2. The van der Waals surface area contributed by atoms with Crippen LogP contribution in [0, 0.1) is 11.8 Å². The number of nitrogens with zero attached hydrogens (tertiary/aromatic N) is 1. The zero-order chi connectivity index (χ0) is 12.0. The van der Waals surface area contributed by atoms with E-state index in [1.165, 1.54) is 0 Å². The molecule has 3 rings (SSSR count). The first-order chi connectivity index (χ1) is 8.06. The lowest BCUT2D eigenvalue weighted by Gasteiger charge is -2.22. The Morgan fingerprint density at radius 1 is 1.18 bits per heavy atom. The summed E-state index contributed by atoms with van der Waals surface area (Å²) in [5, 5.41) is 0. The lowest BCUT2D eigenvalue weighted by atomic mass is 9.99. The lowest BCUT2D eigenvalue weighted by molar-refractivity contribution is -0.0351. The van der Waals surface area contributed by atoms with E-state index in [1.807, 2.05) is 24.3 Å².